The van der Waals surface area contributed by atoms with Gasteiger partial charge < -0.3 is 0 Å². The van der Waals surface area contributed by atoms with E-state index in [0.717, 1.165) is 19.3 Å². The van der Waals surface area contributed by atoms with Crippen LogP contribution in [0.5, 0.6) is 0 Å². The molecule has 8 heteroatoms. The Labute approximate surface area is 134 Å². The van der Waals surface area contributed by atoms with Crippen LogP contribution in [0.25, 0.3) is 0 Å². The highest BCUT2D eigenvalue weighted by atomic mass is 32.2. The molecule has 0 atom stereocenters. The average molecular weight is 353 g/mol. The van der Waals surface area contributed by atoms with Crippen LogP contribution in [-0.4, -0.2) is 26.3 Å². The second-order valence-corrected chi connectivity index (χ2v) is 9.33. The molecule has 4 nitrogen and oxygen atoms in total. The molecule has 1 N–H and O–H groups in total. The molecule has 0 aromatic heterocycles. The number of ketones is 1. The fourth-order valence-corrected chi connectivity index (χ4v) is 5.83. The van der Waals surface area contributed by atoms with Gasteiger partial charge in [0.1, 0.15) is 5.78 Å². The molecule has 0 saturated heterocycles. The van der Waals surface area contributed by atoms with Gasteiger partial charge in [-0.2, -0.15) is 13.2 Å². The SMILES string of the molecule is O=C(CCCNS(=O)(=O)C(F)(F)F)C12CC3CC(CC(C3)C1)C2. The van der Waals surface area contributed by atoms with Crippen LogP contribution in [0.4, 0.5) is 13.2 Å². The van der Waals surface area contributed by atoms with E-state index >= 15 is 0 Å². The first-order chi connectivity index (χ1) is 10.6. The molecule has 0 unspecified atom stereocenters. The summed E-state index contributed by atoms with van der Waals surface area (Å²) in [7, 11) is -5.30. The Hall–Kier alpha value is -0.630. The lowest BCUT2D eigenvalue weighted by Crippen LogP contribution is -2.50. The summed E-state index contributed by atoms with van der Waals surface area (Å²) in [6.07, 6.45) is 6.71. The van der Waals surface area contributed by atoms with Crippen LogP contribution in [0.1, 0.15) is 51.4 Å². The Bertz CT molecular complexity index is 550. The highest BCUT2D eigenvalue weighted by molar-refractivity contribution is 7.90. The zero-order valence-electron chi connectivity index (χ0n) is 12.9. The lowest BCUT2D eigenvalue weighted by molar-refractivity contribution is -0.143. The van der Waals surface area contributed by atoms with Crippen LogP contribution >= 0.6 is 0 Å². The molecule has 4 aliphatic carbocycles. The van der Waals surface area contributed by atoms with Crippen molar-refractivity contribution in [2.75, 3.05) is 6.54 Å². The van der Waals surface area contributed by atoms with E-state index in [1.54, 1.807) is 0 Å². The van der Waals surface area contributed by atoms with Crippen LogP contribution in [0.15, 0.2) is 0 Å². The van der Waals surface area contributed by atoms with Gasteiger partial charge in [-0.3, -0.25) is 4.79 Å². The van der Waals surface area contributed by atoms with Crippen molar-refractivity contribution in [1.82, 2.24) is 4.72 Å². The van der Waals surface area contributed by atoms with E-state index in [4.69, 9.17) is 0 Å². The highest BCUT2D eigenvalue weighted by Gasteiger charge is 2.53. The number of carbonyl (C=O) groups excluding carboxylic acids is 1. The normalized spacial score (nSPS) is 36.4. The number of hydrogen-bond donors (Lipinski definition) is 1. The lowest BCUT2D eigenvalue weighted by Gasteiger charge is -2.56. The molecular formula is C15H22F3NO3S. The van der Waals surface area contributed by atoms with Gasteiger partial charge in [0.2, 0.25) is 0 Å². The quantitative estimate of drug-likeness (QED) is 0.747. The first-order valence-electron chi connectivity index (χ1n) is 8.20. The second-order valence-electron chi connectivity index (χ2n) is 7.57. The Morgan fingerprint density at radius 1 is 1.04 bits per heavy atom. The van der Waals surface area contributed by atoms with Crippen molar-refractivity contribution in [1.29, 1.82) is 0 Å². The summed E-state index contributed by atoms with van der Waals surface area (Å²) >= 11 is 0. The van der Waals surface area contributed by atoms with Crippen LogP contribution in [-0.2, 0) is 14.8 Å². The van der Waals surface area contributed by atoms with Gasteiger partial charge in [0, 0.05) is 18.4 Å². The predicted octanol–water partition coefficient (Wildman–Crippen LogP) is 2.99. The number of rotatable bonds is 6. The van der Waals surface area contributed by atoms with Crippen molar-refractivity contribution >= 4 is 15.8 Å². The van der Waals surface area contributed by atoms with Gasteiger partial charge in [-0.1, -0.05) is 0 Å². The molecule has 0 aromatic rings. The molecular weight excluding hydrogens is 331 g/mol. The largest absolute Gasteiger partial charge is 0.511 e. The van der Waals surface area contributed by atoms with Crippen molar-refractivity contribution in [3.8, 4) is 0 Å². The molecule has 4 bridgehead atoms. The van der Waals surface area contributed by atoms with Crippen molar-refractivity contribution < 1.29 is 26.4 Å². The Balaban J connectivity index is 1.51. The van der Waals surface area contributed by atoms with Crippen LogP contribution in [0.2, 0.25) is 0 Å². The minimum Gasteiger partial charge on any atom is -0.299 e. The fraction of sp³-hybridized carbons (Fsp3) is 0.933. The molecule has 132 valence electrons. The van der Waals surface area contributed by atoms with E-state index in [1.807, 2.05) is 0 Å². The van der Waals surface area contributed by atoms with E-state index in [2.05, 4.69) is 0 Å². The molecule has 0 heterocycles. The maximum Gasteiger partial charge on any atom is 0.511 e. The van der Waals surface area contributed by atoms with Crippen LogP contribution in [0, 0.1) is 23.2 Å². The van der Waals surface area contributed by atoms with E-state index in [-0.39, 0.29) is 30.6 Å². The van der Waals surface area contributed by atoms with Crippen LogP contribution in [0.3, 0.4) is 0 Å². The van der Waals surface area contributed by atoms with Crippen molar-refractivity contribution in [3.05, 3.63) is 0 Å². The van der Waals surface area contributed by atoms with Gasteiger partial charge in [-0.05, 0) is 62.7 Å². The number of carbonyl (C=O) groups is 1. The summed E-state index contributed by atoms with van der Waals surface area (Å²) in [6, 6.07) is 0. The Morgan fingerprint density at radius 3 is 1.96 bits per heavy atom. The second kappa shape index (κ2) is 5.72. The molecule has 4 fully saturated rings. The molecule has 0 amide bonds. The molecule has 4 saturated carbocycles. The predicted molar refractivity (Wildman–Crippen MR) is 77.8 cm³/mol. The van der Waals surface area contributed by atoms with Gasteiger partial charge >= 0.3 is 15.5 Å². The minimum absolute atomic E-state index is 0.121. The summed E-state index contributed by atoms with van der Waals surface area (Å²) < 4.78 is 59.9. The standard InChI is InChI=1S/C15H22F3NO3S/c16-15(17,18)23(21,22)19-3-1-2-13(20)14-7-10-4-11(8-14)6-12(5-10)9-14/h10-12,19H,1-9H2. The third kappa shape index (κ3) is 3.29. The average Bonchev–Trinajstić information content (AvgIpc) is 2.40. The summed E-state index contributed by atoms with van der Waals surface area (Å²) in [5, 5.41) is 0. The molecule has 0 aliphatic heterocycles. The number of halogens is 3. The van der Waals surface area contributed by atoms with E-state index in [1.165, 1.54) is 24.0 Å². The highest BCUT2D eigenvalue weighted by Crippen LogP contribution is 2.60. The number of alkyl halides is 3. The first-order valence-corrected chi connectivity index (χ1v) is 9.69. The fourth-order valence-electron chi connectivity index (χ4n) is 5.25. The van der Waals surface area contributed by atoms with Gasteiger partial charge in [0.05, 0.1) is 0 Å². The monoisotopic (exact) mass is 353 g/mol. The first kappa shape index (κ1) is 17.2. The molecule has 0 radical (unpaired) electrons. The lowest BCUT2D eigenvalue weighted by atomic mass is 9.48. The summed E-state index contributed by atoms with van der Waals surface area (Å²) in [5.41, 5.74) is -5.56. The zero-order chi connectivity index (χ0) is 16.9. The molecule has 23 heavy (non-hydrogen) atoms. The number of Topliss-reactive ketones (excluding diaryl/α,β-unsaturated/α-hetero) is 1. The van der Waals surface area contributed by atoms with Gasteiger partial charge in [-0.15, -0.1) is 0 Å². The Morgan fingerprint density at radius 2 is 1.52 bits per heavy atom. The maximum absolute atomic E-state index is 12.6. The third-order valence-corrected chi connectivity index (χ3v) is 7.00. The summed E-state index contributed by atoms with van der Waals surface area (Å²) in [6.45, 7) is -0.347. The summed E-state index contributed by atoms with van der Waals surface area (Å²) in [4.78, 5) is 12.6. The Kier molecular flexibility index (Phi) is 4.28. The zero-order valence-corrected chi connectivity index (χ0v) is 13.7. The number of nitrogens with one attached hydrogen (secondary N) is 1. The smallest absolute Gasteiger partial charge is 0.299 e. The molecule has 0 spiro atoms. The van der Waals surface area contributed by atoms with E-state index in [9.17, 15) is 26.4 Å². The maximum atomic E-state index is 12.6. The minimum atomic E-state index is -5.30. The van der Waals surface area contributed by atoms with Crippen molar-refractivity contribution in [2.24, 2.45) is 23.2 Å². The third-order valence-electron chi connectivity index (χ3n) is 5.81. The van der Waals surface area contributed by atoms with Crippen molar-refractivity contribution in [2.45, 2.75) is 56.9 Å². The molecule has 0 aromatic carbocycles. The number of sulfonamides is 1. The van der Waals surface area contributed by atoms with E-state index in [0.29, 0.717) is 17.8 Å². The molecule has 4 aliphatic rings. The summed E-state index contributed by atoms with van der Waals surface area (Å²) in [5.74, 6) is 2.03. The molecule has 4 rings (SSSR count). The van der Waals surface area contributed by atoms with Crippen LogP contribution < -0.4 is 4.72 Å². The van der Waals surface area contributed by atoms with Crippen molar-refractivity contribution in [3.63, 3.8) is 0 Å². The number of hydrogen-bond acceptors (Lipinski definition) is 3. The topological polar surface area (TPSA) is 63.2 Å². The van der Waals surface area contributed by atoms with Gasteiger partial charge in [-0.25, -0.2) is 13.1 Å². The van der Waals surface area contributed by atoms with E-state index < -0.39 is 15.5 Å². The van der Waals surface area contributed by atoms with Gasteiger partial charge in [0.25, 0.3) is 0 Å². The van der Waals surface area contributed by atoms with Gasteiger partial charge in [0.15, 0.2) is 0 Å².